The maximum Gasteiger partial charge on any atom is 0.334 e. The van der Waals surface area contributed by atoms with Gasteiger partial charge in [-0.25, -0.2) is 4.31 Å². The van der Waals surface area contributed by atoms with E-state index in [1.54, 1.807) is 0 Å². The van der Waals surface area contributed by atoms with E-state index in [0.29, 0.717) is 12.8 Å². The molecule has 0 spiro atoms. The lowest BCUT2D eigenvalue weighted by atomic mass is 9.61. The zero-order valence-corrected chi connectivity index (χ0v) is 38.3. The van der Waals surface area contributed by atoms with E-state index in [9.17, 15) is 20.4 Å². The molecule has 0 aliphatic rings. The van der Waals surface area contributed by atoms with Crippen molar-refractivity contribution in [3.05, 3.63) is 0 Å². The van der Waals surface area contributed by atoms with E-state index in [-0.39, 0.29) is 5.92 Å². The Balaban J connectivity index is 0. The fourth-order valence-corrected chi connectivity index (χ4v) is 8.63. The van der Waals surface area contributed by atoms with Crippen molar-refractivity contribution in [2.24, 2.45) is 11.3 Å². The molecule has 2 atom stereocenters. The van der Waals surface area contributed by atoms with Gasteiger partial charge in [-0.3, -0.25) is 0 Å². The molecule has 0 fully saturated rings. The SMILES string of the molecule is CCCCCCCCCCCCCCCCCCC(O)C(CO)(CO)C(O)(CCCCCCCCCCCCCCCCCC)C(C)C.OP(O)OP(O)O. The summed E-state index contributed by atoms with van der Waals surface area (Å²) < 4.78 is 3.60. The van der Waals surface area contributed by atoms with Crippen LogP contribution in [-0.4, -0.2) is 64.9 Å². The summed E-state index contributed by atoms with van der Waals surface area (Å²) in [7, 11) is -5.22. The molecule has 334 valence electrons. The molecule has 8 N–H and O–H groups in total. The van der Waals surface area contributed by atoms with Crippen molar-refractivity contribution < 1.29 is 44.3 Å². The first kappa shape index (κ1) is 57.6. The van der Waals surface area contributed by atoms with Gasteiger partial charge in [-0.05, 0) is 18.8 Å². The maximum atomic E-state index is 11.9. The quantitative estimate of drug-likeness (QED) is 0.0221. The predicted molar refractivity (Wildman–Crippen MR) is 235 cm³/mol. The van der Waals surface area contributed by atoms with Gasteiger partial charge in [0.2, 0.25) is 0 Å². The highest BCUT2D eigenvalue weighted by Crippen LogP contribution is 2.45. The highest BCUT2D eigenvalue weighted by molar-refractivity contribution is 7.53. The molecule has 0 amide bonds. The van der Waals surface area contributed by atoms with Gasteiger partial charge in [0.05, 0.1) is 30.3 Å². The first-order valence-electron chi connectivity index (χ1n) is 23.1. The Morgan fingerprint density at radius 2 is 0.691 bits per heavy atom. The number of rotatable bonds is 41. The van der Waals surface area contributed by atoms with E-state index in [2.05, 4.69) is 18.2 Å². The van der Waals surface area contributed by atoms with E-state index < -0.39 is 47.5 Å². The molecule has 0 bridgehead atoms. The zero-order chi connectivity index (χ0) is 41.5. The van der Waals surface area contributed by atoms with Crippen LogP contribution in [0.1, 0.15) is 246 Å². The van der Waals surface area contributed by atoms with Gasteiger partial charge < -0.3 is 40.0 Å². The van der Waals surface area contributed by atoms with Crippen LogP contribution in [0, 0.1) is 11.3 Å². The van der Waals surface area contributed by atoms with Crippen molar-refractivity contribution in [2.75, 3.05) is 13.2 Å². The minimum absolute atomic E-state index is 0.159. The van der Waals surface area contributed by atoms with Crippen molar-refractivity contribution >= 4 is 17.2 Å². The Bertz CT molecular complexity index is 753. The van der Waals surface area contributed by atoms with Gasteiger partial charge in [0, 0.05) is 0 Å². The van der Waals surface area contributed by atoms with Crippen molar-refractivity contribution in [2.45, 2.75) is 258 Å². The van der Waals surface area contributed by atoms with E-state index in [4.69, 9.17) is 19.6 Å². The van der Waals surface area contributed by atoms with Crippen LogP contribution in [-0.2, 0) is 4.31 Å². The van der Waals surface area contributed by atoms with Crippen LogP contribution in [0.25, 0.3) is 0 Å². The van der Waals surface area contributed by atoms with Crippen LogP contribution in [0.3, 0.4) is 0 Å². The first-order chi connectivity index (χ1) is 26.5. The van der Waals surface area contributed by atoms with Crippen molar-refractivity contribution in [1.82, 2.24) is 0 Å². The van der Waals surface area contributed by atoms with E-state index in [1.807, 2.05) is 13.8 Å². The largest absolute Gasteiger partial charge is 0.395 e. The van der Waals surface area contributed by atoms with Gasteiger partial charge in [0.25, 0.3) is 0 Å². The van der Waals surface area contributed by atoms with E-state index >= 15 is 0 Å². The average molecular weight is 829 g/mol. The summed E-state index contributed by atoms with van der Waals surface area (Å²) in [5, 5.41) is 44.3. The van der Waals surface area contributed by atoms with Crippen molar-refractivity contribution in [3.8, 4) is 0 Å². The second-order valence-corrected chi connectivity index (χ2v) is 18.5. The third-order valence-electron chi connectivity index (χ3n) is 11.9. The van der Waals surface area contributed by atoms with Gasteiger partial charge in [-0.2, -0.15) is 0 Å². The molecule has 0 aliphatic heterocycles. The smallest absolute Gasteiger partial charge is 0.334 e. The molecular formula is C44H94O9P2. The highest BCUT2D eigenvalue weighted by Gasteiger charge is 2.55. The minimum Gasteiger partial charge on any atom is -0.395 e. The van der Waals surface area contributed by atoms with Gasteiger partial charge >= 0.3 is 17.2 Å². The second kappa shape index (κ2) is 41.2. The molecule has 0 aromatic carbocycles. The number of hydrogen-bond donors (Lipinski definition) is 8. The third kappa shape index (κ3) is 32.0. The molecule has 0 aromatic heterocycles. The van der Waals surface area contributed by atoms with Crippen molar-refractivity contribution in [1.29, 1.82) is 0 Å². The molecule has 9 nitrogen and oxygen atoms in total. The van der Waals surface area contributed by atoms with Crippen LogP contribution in [0.15, 0.2) is 0 Å². The maximum absolute atomic E-state index is 11.9. The number of unbranched alkanes of at least 4 members (excludes halogenated alkanes) is 30. The average Bonchev–Trinajstić information content (AvgIpc) is 3.14. The number of aliphatic hydroxyl groups is 4. The summed E-state index contributed by atoms with van der Waals surface area (Å²) in [4.78, 5) is 31.3. The van der Waals surface area contributed by atoms with Crippen LogP contribution in [0.5, 0.6) is 0 Å². The Hall–Kier alpha value is 0.500. The molecule has 0 radical (unpaired) electrons. The Kier molecular flexibility index (Phi) is 43.2. The number of aliphatic hydroxyl groups excluding tert-OH is 3. The van der Waals surface area contributed by atoms with Crippen molar-refractivity contribution in [3.63, 3.8) is 0 Å². The molecule has 2 unspecified atom stereocenters. The lowest BCUT2D eigenvalue weighted by Crippen LogP contribution is -2.62. The standard InChI is InChI=1S/C44H90O4.H4O5P2/c1-5-7-9-11-13-15-17-19-21-23-25-27-29-31-33-35-37-42(47)43(39-45,40-46)44(48,41(3)4)38-36-34-32-30-28-26-24-22-20-18-16-14-12-10-8-6-2;1-6(2)5-7(3)4/h41-42,45-48H,5-40H2,1-4H3;1-4H. The number of hydrogen-bond acceptors (Lipinski definition) is 9. The van der Waals surface area contributed by atoms with Crippen LogP contribution < -0.4 is 0 Å². The third-order valence-corrected chi connectivity index (χ3v) is 13.1. The molecule has 0 rings (SSSR count). The summed E-state index contributed by atoms with van der Waals surface area (Å²) in [5.41, 5.74) is -2.58. The van der Waals surface area contributed by atoms with E-state index in [0.717, 1.165) is 25.7 Å². The molecule has 0 heterocycles. The first-order valence-corrected chi connectivity index (χ1v) is 25.5. The van der Waals surface area contributed by atoms with E-state index in [1.165, 1.54) is 180 Å². The summed E-state index contributed by atoms with van der Waals surface area (Å²) in [6.07, 6.45) is 41.9. The normalized spacial score (nSPS) is 13.8. The van der Waals surface area contributed by atoms with Crippen LogP contribution in [0.2, 0.25) is 0 Å². The predicted octanol–water partition coefficient (Wildman–Crippen LogP) is 12.4. The van der Waals surface area contributed by atoms with Gasteiger partial charge in [-0.1, -0.05) is 233 Å². The fourth-order valence-electron chi connectivity index (χ4n) is 8.11. The molecule has 0 saturated carbocycles. The summed E-state index contributed by atoms with van der Waals surface area (Å²) in [6.45, 7) is 7.71. The minimum atomic E-state index is -2.61. The van der Waals surface area contributed by atoms with Gasteiger partial charge in [0.15, 0.2) is 0 Å². The second-order valence-electron chi connectivity index (χ2n) is 16.8. The molecule has 0 saturated heterocycles. The molecule has 55 heavy (non-hydrogen) atoms. The lowest BCUT2D eigenvalue weighted by Gasteiger charge is -2.51. The van der Waals surface area contributed by atoms with Crippen LogP contribution in [0.4, 0.5) is 0 Å². The molecular weight excluding hydrogens is 734 g/mol. The summed E-state index contributed by atoms with van der Waals surface area (Å²) >= 11 is 0. The monoisotopic (exact) mass is 829 g/mol. The zero-order valence-electron chi connectivity index (χ0n) is 36.5. The Morgan fingerprint density at radius 3 is 0.909 bits per heavy atom. The topological polar surface area (TPSA) is 171 Å². The Labute approximate surface area is 342 Å². The highest BCUT2D eigenvalue weighted by atomic mass is 31.2. The van der Waals surface area contributed by atoms with Gasteiger partial charge in [-0.15, -0.1) is 0 Å². The summed E-state index contributed by atoms with van der Waals surface area (Å²) in [5.74, 6) is -0.159. The molecule has 0 aliphatic carbocycles. The molecule has 0 aromatic rings. The molecule has 11 heteroatoms. The summed E-state index contributed by atoms with van der Waals surface area (Å²) in [6, 6.07) is 0. The van der Waals surface area contributed by atoms with Crippen LogP contribution >= 0.6 is 17.2 Å². The fraction of sp³-hybridized carbons (Fsp3) is 1.00. The van der Waals surface area contributed by atoms with Gasteiger partial charge in [0.1, 0.15) is 0 Å². The lowest BCUT2D eigenvalue weighted by molar-refractivity contribution is -0.209. The Morgan fingerprint density at radius 1 is 0.436 bits per heavy atom.